The summed E-state index contributed by atoms with van der Waals surface area (Å²) in [5, 5.41) is 0. The highest BCUT2D eigenvalue weighted by molar-refractivity contribution is 5.86. The van der Waals surface area contributed by atoms with E-state index >= 15 is 0 Å². The van der Waals surface area contributed by atoms with E-state index in [2.05, 4.69) is 13.5 Å². The van der Waals surface area contributed by atoms with Crippen LogP contribution in [0, 0.1) is 11.7 Å². The Morgan fingerprint density at radius 3 is 2.23 bits per heavy atom. The fraction of sp³-hybridized carbons (Fsp3) is 0.484. The van der Waals surface area contributed by atoms with Gasteiger partial charge >= 0.3 is 12.1 Å². The number of carbonyl (C=O) groups is 2. The van der Waals surface area contributed by atoms with Gasteiger partial charge in [-0.2, -0.15) is 0 Å². The van der Waals surface area contributed by atoms with Crippen molar-refractivity contribution in [3.8, 4) is 28.4 Å². The van der Waals surface area contributed by atoms with E-state index in [0.717, 1.165) is 12.8 Å². The Morgan fingerprint density at radius 2 is 1.52 bits per heavy atom. The van der Waals surface area contributed by atoms with Crippen molar-refractivity contribution in [2.45, 2.75) is 52.4 Å². The molecule has 0 unspecified atom stereocenters. The normalized spacial score (nSPS) is 13.2. The number of halogens is 1. The monoisotopic (exact) mass is 558 g/mol. The molecule has 9 heteroatoms. The molecule has 0 aromatic heterocycles. The van der Waals surface area contributed by atoms with E-state index in [-0.39, 0.29) is 44.7 Å². The number of ether oxygens (including phenoxy) is 6. The number of carbonyl (C=O) groups excluding carboxylic acids is 2. The summed E-state index contributed by atoms with van der Waals surface area (Å²) in [4.78, 5) is 22.8. The molecule has 2 aromatic rings. The fourth-order valence-corrected chi connectivity index (χ4v) is 3.96. The first kappa shape index (κ1) is 30.8. The second-order valence-corrected chi connectivity index (χ2v) is 9.74. The van der Waals surface area contributed by atoms with Crippen LogP contribution in [-0.2, 0) is 19.0 Å². The maximum atomic E-state index is 14.9. The van der Waals surface area contributed by atoms with Crippen molar-refractivity contribution in [1.29, 1.82) is 0 Å². The van der Waals surface area contributed by atoms with Crippen LogP contribution in [0.1, 0.15) is 52.4 Å². The smallest absolute Gasteiger partial charge is 0.491 e. The maximum Gasteiger partial charge on any atom is 0.508 e. The minimum absolute atomic E-state index is 0.0149. The summed E-state index contributed by atoms with van der Waals surface area (Å²) in [5.41, 5.74) is 1.64. The highest BCUT2D eigenvalue weighted by Gasteiger charge is 2.22. The Kier molecular flexibility index (Phi) is 12.6. The van der Waals surface area contributed by atoms with Crippen molar-refractivity contribution >= 4 is 12.1 Å². The Morgan fingerprint density at radius 1 is 0.875 bits per heavy atom. The van der Waals surface area contributed by atoms with Crippen LogP contribution in [-0.4, -0.2) is 51.8 Å². The van der Waals surface area contributed by atoms with Crippen LogP contribution in [0.25, 0.3) is 11.1 Å². The van der Waals surface area contributed by atoms with Gasteiger partial charge in [-0.3, -0.25) is 0 Å². The quantitative estimate of drug-likeness (QED) is 0.118. The molecular weight excluding hydrogens is 519 g/mol. The lowest BCUT2D eigenvalue weighted by Crippen LogP contribution is -2.31. The molecule has 0 atom stereocenters. The molecule has 0 N–H and O–H groups in total. The first-order chi connectivity index (χ1) is 19.4. The molecular formula is C31H39FO8. The second kappa shape index (κ2) is 16.4. The van der Waals surface area contributed by atoms with Gasteiger partial charge in [0.15, 0.2) is 23.1 Å². The van der Waals surface area contributed by atoms with Gasteiger partial charge in [0.2, 0.25) is 0 Å². The average molecular weight is 559 g/mol. The van der Waals surface area contributed by atoms with E-state index in [0.29, 0.717) is 34.8 Å². The standard InChI is InChI=1S/C31H39FO8/c1-4-5-6-7-8-9-14-35-27-12-10-24(17-26(27)32)25-11-13-28(38-19-23-20-39-31(34)40-21-23)29(18-25)36-15-16-37-30(33)22(2)3/h10-13,17-18,23H,2,4-9,14-16,19-21H2,1,3H3. The first-order valence-corrected chi connectivity index (χ1v) is 13.8. The zero-order valence-electron chi connectivity index (χ0n) is 23.4. The number of unbranched alkanes of at least 4 members (excludes halogenated alkanes) is 5. The van der Waals surface area contributed by atoms with Crippen molar-refractivity contribution in [2.75, 3.05) is 39.6 Å². The summed E-state index contributed by atoms with van der Waals surface area (Å²) in [6.45, 7) is 8.48. The van der Waals surface area contributed by atoms with E-state index in [1.165, 1.54) is 31.7 Å². The van der Waals surface area contributed by atoms with E-state index < -0.39 is 17.9 Å². The van der Waals surface area contributed by atoms with Crippen molar-refractivity contribution in [3.63, 3.8) is 0 Å². The van der Waals surface area contributed by atoms with Gasteiger partial charge in [0.05, 0.1) is 19.1 Å². The molecule has 3 rings (SSSR count). The number of esters is 1. The predicted octanol–water partition coefficient (Wildman–Crippen LogP) is 6.89. The van der Waals surface area contributed by atoms with E-state index in [9.17, 15) is 14.0 Å². The molecule has 218 valence electrons. The lowest BCUT2D eigenvalue weighted by Gasteiger charge is -2.22. The third kappa shape index (κ3) is 10.1. The van der Waals surface area contributed by atoms with Crippen LogP contribution < -0.4 is 14.2 Å². The molecule has 0 amide bonds. The van der Waals surface area contributed by atoms with Crippen molar-refractivity contribution < 1.29 is 42.4 Å². The Balaban J connectivity index is 1.64. The Bertz CT molecular complexity index is 1120. The lowest BCUT2D eigenvalue weighted by molar-refractivity contribution is -0.139. The van der Waals surface area contributed by atoms with Crippen LogP contribution in [0.4, 0.5) is 9.18 Å². The summed E-state index contributed by atoms with van der Waals surface area (Å²) in [6.07, 6.45) is 6.11. The minimum Gasteiger partial charge on any atom is -0.491 e. The van der Waals surface area contributed by atoms with Crippen LogP contribution >= 0.6 is 0 Å². The fourth-order valence-electron chi connectivity index (χ4n) is 3.96. The zero-order valence-corrected chi connectivity index (χ0v) is 23.4. The molecule has 8 nitrogen and oxygen atoms in total. The molecule has 1 aliphatic heterocycles. The van der Waals surface area contributed by atoms with Gasteiger partial charge in [-0.25, -0.2) is 14.0 Å². The molecule has 1 saturated heterocycles. The summed E-state index contributed by atoms with van der Waals surface area (Å²) in [7, 11) is 0. The van der Waals surface area contributed by atoms with Crippen LogP contribution in [0.3, 0.4) is 0 Å². The highest BCUT2D eigenvalue weighted by Crippen LogP contribution is 2.34. The number of hydrogen-bond donors (Lipinski definition) is 0. The molecule has 0 radical (unpaired) electrons. The summed E-state index contributed by atoms with van der Waals surface area (Å²) in [6, 6.07) is 10.1. The van der Waals surface area contributed by atoms with Gasteiger partial charge < -0.3 is 28.4 Å². The average Bonchev–Trinajstić information content (AvgIpc) is 2.95. The lowest BCUT2D eigenvalue weighted by atomic mass is 10.0. The van der Waals surface area contributed by atoms with Gasteiger partial charge in [-0.15, -0.1) is 0 Å². The molecule has 0 aliphatic carbocycles. The largest absolute Gasteiger partial charge is 0.508 e. The van der Waals surface area contributed by atoms with E-state index in [4.69, 9.17) is 28.4 Å². The summed E-state index contributed by atoms with van der Waals surface area (Å²) >= 11 is 0. The molecule has 0 spiro atoms. The van der Waals surface area contributed by atoms with Crippen LogP contribution in [0.2, 0.25) is 0 Å². The highest BCUT2D eigenvalue weighted by atomic mass is 19.1. The molecule has 1 aliphatic rings. The SMILES string of the molecule is C=C(C)C(=O)OCCOc1cc(-c2ccc(OCCCCCCCC)c(F)c2)ccc1OCC1COC(=O)OC1. The van der Waals surface area contributed by atoms with Gasteiger partial charge in [-0.05, 0) is 48.7 Å². The summed E-state index contributed by atoms with van der Waals surface area (Å²) in [5.74, 6) is -0.0318. The maximum absolute atomic E-state index is 14.9. The third-order valence-corrected chi connectivity index (χ3v) is 6.24. The molecule has 2 aromatic carbocycles. The first-order valence-electron chi connectivity index (χ1n) is 13.8. The minimum atomic E-state index is -0.694. The second-order valence-electron chi connectivity index (χ2n) is 9.74. The van der Waals surface area contributed by atoms with Crippen molar-refractivity contribution in [2.24, 2.45) is 5.92 Å². The number of hydrogen-bond acceptors (Lipinski definition) is 8. The third-order valence-electron chi connectivity index (χ3n) is 6.24. The van der Waals surface area contributed by atoms with Crippen LogP contribution in [0.5, 0.6) is 17.2 Å². The molecule has 0 bridgehead atoms. The van der Waals surface area contributed by atoms with Crippen molar-refractivity contribution in [1.82, 2.24) is 0 Å². The Labute approximate surface area is 235 Å². The van der Waals surface area contributed by atoms with E-state index in [1.54, 1.807) is 37.3 Å². The van der Waals surface area contributed by atoms with Crippen molar-refractivity contribution in [3.05, 3.63) is 54.4 Å². The number of rotatable bonds is 17. The van der Waals surface area contributed by atoms with E-state index in [1.807, 2.05) is 0 Å². The Hall–Kier alpha value is -3.75. The van der Waals surface area contributed by atoms with Gasteiger partial charge in [0, 0.05) is 5.57 Å². The van der Waals surface area contributed by atoms with Crippen LogP contribution in [0.15, 0.2) is 48.6 Å². The van der Waals surface area contributed by atoms with Gasteiger partial charge in [0.25, 0.3) is 0 Å². The molecule has 1 fully saturated rings. The summed E-state index contributed by atoms with van der Waals surface area (Å²) < 4.78 is 47.2. The number of cyclic esters (lactones) is 2. The predicted molar refractivity (Wildman–Crippen MR) is 148 cm³/mol. The molecule has 40 heavy (non-hydrogen) atoms. The number of benzene rings is 2. The zero-order chi connectivity index (χ0) is 28.7. The van der Waals surface area contributed by atoms with Gasteiger partial charge in [0.1, 0.15) is 26.4 Å². The molecule has 1 heterocycles. The topological polar surface area (TPSA) is 89.5 Å². The van der Waals surface area contributed by atoms with Gasteiger partial charge in [-0.1, -0.05) is 57.7 Å². The molecule has 0 saturated carbocycles.